The second kappa shape index (κ2) is 9.86. The quantitative estimate of drug-likeness (QED) is 0.544. The first-order valence-electron chi connectivity index (χ1n) is 9.48. The van der Waals surface area contributed by atoms with Gasteiger partial charge in [0.25, 0.3) is 5.91 Å². The maximum atomic E-state index is 13.0. The van der Waals surface area contributed by atoms with Gasteiger partial charge in [0.05, 0.1) is 9.77 Å². The van der Waals surface area contributed by atoms with Crippen molar-refractivity contribution in [3.63, 3.8) is 0 Å². The van der Waals surface area contributed by atoms with E-state index in [0.717, 1.165) is 4.31 Å². The fourth-order valence-corrected chi connectivity index (χ4v) is 4.68. The molecule has 0 saturated carbocycles. The largest absolute Gasteiger partial charge is 0.350 e. The Morgan fingerprint density at radius 2 is 1.65 bits per heavy atom. The Balaban J connectivity index is 1.81. The predicted octanol–water partition coefficient (Wildman–Crippen LogP) is 2.79. The zero-order valence-corrected chi connectivity index (χ0v) is 18.7. The lowest BCUT2D eigenvalue weighted by atomic mass is 10.1. The van der Waals surface area contributed by atoms with E-state index in [4.69, 9.17) is 0 Å². The van der Waals surface area contributed by atoms with Gasteiger partial charge >= 0.3 is 0 Å². The van der Waals surface area contributed by atoms with E-state index in [1.807, 2.05) is 6.07 Å². The Morgan fingerprint density at radius 3 is 2.29 bits per heavy atom. The summed E-state index contributed by atoms with van der Waals surface area (Å²) in [5.41, 5.74) is 1.08. The second-order valence-corrected chi connectivity index (χ2v) is 9.98. The summed E-state index contributed by atoms with van der Waals surface area (Å²) >= 11 is 1.28. The molecule has 1 atom stereocenters. The van der Waals surface area contributed by atoms with Gasteiger partial charge in [-0.25, -0.2) is 12.7 Å². The van der Waals surface area contributed by atoms with Crippen molar-refractivity contribution >= 4 is 33.2 Å². The zero-order valence-electron chi connectivity index (χ0n) is 17.1. The van der Waals surface area contributed by atoms with Crippen LogP contribution in [0, 0.1) is 0 Å². The second-order valence-electron chi connectivity index (χ2n) is 6.91. The van der Waals surface area contributed by atoms with Gasteiger partial charge in [0.15, 0.2) is 0 Å². The van der Waals surface area contributed by atoms with Crippen molar-refractivity contribution in [2.75, 3.05) is 14.1 Å². The molecule has 2 aromatic carbocycles. The van der Waals surface area contributed by atoms with Crippen LogP contribution in [-0.4, -0.2) is 38.6 Å². The molecule has 2 N–H and O–H groups in total. The molecule has 3 rings (SSSR count). The number of thiophene rings is 1. The van der Waals surface area contributed by atoms with Crippen LogP contribution in [-0.2, 0) is 21.4 Å². The average molecular weight is 458 g/mol. The molecule has 1 aromatic heterocycles. The zero-order chi connectivity index (χ0) is 22.4. The third kappa shape index (κ3) is 5.38. The van der Waals surface area contributed by atoms with Gasteiger partial charge in [-0.15, -0.1) is 11.3 Å². The van der Waals surface area contributed by atoms with E-state index >= 15 is 0 Å². The van der Waals surface area contributed by atoms with Crippen LogP contribution >= 0.6 is 11.3 Å². The first kappa shape index (κ1) is 22.7. The Morgan fingerprint density at radius 1 is 0.968 bits per heavy atom. The highest BCUT2D eigenvalue weighted by molar-refractivity contribution is 7.89. The monoisotopic (exact) mass is 457 g/mol. The fraction of sp³-hybridized carbons (Fsp3) is 0.182. The molecule has 162 valence electrons. The number of nitrogens with one attached hydrogen (secondary N) is 2. The van der Waals surface area contributed by atoms with Crippen LogP contribution in [0.1, 0.15) is 26.8 Å². The van der Waals surface area contributed by atoms with Crippen molar-refractivity contribution < 1.29 is 18.0 Å². The molecule has 0 aliphatic heterocycles. The molecule has 0 spiro atoms. The van der Waals surface area contributed by atoms with Gasteiger partial charge in [0, 0.05) is 20.6 Å². The van der Waals surface area contributed by atoms with Gasteiger partial charge in [-0.2, -0.15) is 0 Å². The first-order valence-corrected chi connectivity index (χ1v) is 11.8. The lowest BCUT2D eigenvalue weighted by molar-refractivity contribution is -0.123. The van der Waals surface area contributed by atoms with Gasteiger partial charge in [0.2, 0.25) is 15.9 Å². The van der Waals surface area contributed by atoms with Crippen molar-refractivity contribution in [3.05, 3.63) is 88.1 Å². The number of sulfonamides is 1. The maximum Gasteiger partial charge on any atom is 0.262 e. The number of carbonyl (C=O) groups is 2. The number of amides is 2. The van der Waals surface area contributed by atoms with E-state index in [-0.39, 0.29) is 17.3 Å². The minimum absolute atomic E-state index is 0.000280. The Labute approximate surface area is 185 Å². The Bertz CT molecular complexity index is 1140. The van der Waals surface area contributed by atoms with Crippen molar-refractivity contribution in [1.82, 2.24) is 14.9 Å². The maximum absolute atomic E-state index is 13.0. The van der Waals surface area contributed by atoms with Crippen LogP contribution in [0.25, 0.3) is 0 Å². The summed E-state index contributed by atoms with van der Waals surface area (Å²) in [6.07, 6.45) is 0. The number of hydrogen-bond acceptors (Lipinski definition) is 5. The minimum atomic E-state index is -3.66. The van der Waals surface area contributed by atoms with Gasteiger partial charge in [-0.1, -0.05) is 54.6 Å². The molecule has 31 heavy (non-hydrogen) atoms. The summed E-state index contributed by atoms with van der Waals surface area (Å²) in [6.45, 7) is 0.000280. The normalized spacial score (nSPS) is 12.4. The molecule has 1 heterocycles. The first-order chi connectivity index (χ1) is 14.8. The smallest absolute Gasteiger partial charge is 0.262 e. The van der Waals surface area contributed by atoms with Crippen LogP contribution < -0.4 is 10.6 Å². The molecule has 9 heteroatoms. The summed E-state index contributed by atoms with van der Waals surface area (Å²) < 4.78 is 26.3. The van der Waals surface area contributed by atoms with Crippen LogP contribution in [0.2, 0.25) is 0 Å². The molecule has 0 aliphatic rings. The highest BCUT2D eigenvalue weighted by atomic mass is 32.2. The third-order valence-corrected chi connectivity index (χ3v) is 7.38. The van der Waals surface area contributed by atoms with E-state index in [1.165, 1.54) is 31.5 Å². The summed E-state index contributed by atoms with van der Waals surface area (Å²) in [5, 5.41) is 7.32. The van der Waals surface area contributed by atoms with Crippen molar-refractivity contribution in [2.24, 2.45) is 0 Å². The molecule has 0 fully saturated rings. The van der Waals surface area contributed by atoms with Crippen LogP contribution in [0.3, 0.4) is 0 Å². The van der Waals surface area contributed by atoms with Gasteiger partial charge < -0.3 is 10.6 Å². The number of hydrogen-bond donors (Lipinski definition) is 2. The average Bonchev–Trinajstić information content (AvgIpc) is 3.31. The molecule has 7 nitrogen and oxygen atoms in total. The lowest BCUT2D eigenvalue weighted by Gasteiger charge is -2.20. The van der Waals surface area contributed by atoms with Gasteiger partial charge in [-0.05, 0) is 28.6 Å². The Kier molecular flexibility index (Phi) is 7.21. The molecule has 0 saturated heterocycles. The third-order valence-electron chi connectivity index (χ3n) is 4.60. The molecular weight excluding hydrogens is 434 g/mol. The Hall–Kier alpha value is -3.01. The molecule has 0 radical (unpaired) electrons. The minimum Gasteiger partial charge on any atom is -0.350 e. The number of nitrogens with zero attached hydrogens (tertiary/aromatic N) is 1. The molecule has 0 aliphatic carbocycles. The number of rotatable bonds is 8. The molecule has 1 unspecified atom stereocenters. The van der Waals surface area contributed by atoms with Crippen LogP contribution in [0.15, 0.2) is 77.0 Å². The molecule has 2 amide bonds. The summed E-state index contributed by atoms with van der Waals surface area (Å²) in [6, 6.07) is 17.9. The van der Waals surface area contributed by atoms with E-state index in [2.05, 4.69) is 10.6 Å². The number of benzene rings is 2. The van der Waals surface area contributed by atoms with Gasteiger partial charge in [0.1, 0.15) is 6.04 Å². The van der Waals surface area contributed by atoms with E-state index in [1.54, 1.807) is 60.0 Å². The molecule has 3 aromatic rings. The number of carbonyl (C=O) groups excluding carboxylic acids is 2. The molecular formula is C22H23N3O4S2. The van der Waals surface area contributed by atoms with E-state index < -0.39 is 22.0 Å². The highest BCUT2D eigenvalue weighted by Crippen LogP contribution is 2.20. The lowest BCUT2D eigenvalue weighted by Crippen LogP contribution is -2.40. The van der Waals surface area contributed by atoms with Crippen molar-refractivity contribution in [1.29, 1.82) is 0 Å². The topological polar surface area (TPSA) is 95.6 Å². The van der Waals surface area contributed by atoms with Crippen LogP contribution in [0.5, 0.6) is 0 Å². The predicted molar refractivity (Wildman–Crippen MR) is 120 cm³/mol. The van der Waals surface area contributed by atoms with E-state index in [0.29, 0.717) is 16.0 Å². The van der Waals surface area contributed by atoms with Crippen molar-refractivity contribution in [2.45, 2.75) is 17.5 Å². The van der Waals surface area contributed by atoms with Gasteiger partial charge in [-0.3, -0.25) is 9.59 Å². The summed E-state index contributed by atoms with van der Waals surface area (Å²) in [5.74, 6) is -0.789. The molecule has 0 bridgehead atoms. The van der Waals surface area contributed by atoms with Crippen molar-refractivity contribution in [3.8, 4) is 0 Å². The fourth-order valence-electron chi connectivity index (χ4n) is 2.94. The highest BCUT2D eigenvalue weighted by Gasteiger charge is 2.25. The summed E-state index contributed by atoms with van der Waals surface area (Å²) in [7, 11) is -0.754. The standard InChI is InChI=1S/C22H23N3O4S2/c1-25(2)31(28,29)19-13-7-6-11-17(19)15-23-22(27)20(16-9-4-3-5-10-16)24-21(26)18-12-8-14-30-18/h3-14,20H,15H2,1-2H3,(H,23,27)(H,24,26). The summed E-state index contributed by atoms with van der Waals surface area (Å²) in [4.78, 5) is 26.2. The van der Waals surface area contributed by atoms with E-state index in [9.17, 15) is 18.0 Å². The van der Waals surface area contributed by atoms with Crippen LogP contribution in [0.4, 0.5) is 0 Å². The SMILES string of the molecule is CN(C)S(=O)(=O)c1ccccc1CNC(=O)C(NC(=O)c1cccs1)c1ccccc1.